The molecule has 0 radical (unpaired) electrons. The molecule has 1 amide bonds. The summed E-state index contributed by atoms with van der Waals surface area (Å²) in [6, 6.07) is 0.873. The molecule has 1 aliphatic carbocycles. The summed E-state index contributed by atoms with van der Waals surface area (Å²) in [4.78, 5) is 18.7. The maximum Gasteiger partial charge on any atom is 0.228 e. The lowest BCUT2D eigenvalue weighted by Gasteiger charge is -2.47. The zero-order valence-corrected chi connectivity index (χ0v) is 16.5. The largest absolute Gasteiger partial charge is 0.337 e. The lowest BCUT2D eigenvalue weighted by molar-refractivity contribution is -0.149. The minimum absolute atomic E-state index is 0.0858. The molecule has 3 rings (SSSR count). The summed E-state index contributed by atoms with van der Waals surface area (Å²) in [5.74, 6) is 1.80. The number of piperazine rings is 1. The van der Waals surface area contributed by atoms with Crippen LogP contribution >= 0.6 is 0 Å². The SMILES string of the molecule is CC(C)C1CCC(N2CCN(C(=O)C3CN(C(C)C)C3)C[C@@H]2F)CC1. The molecule has 2 aliphatic heterocycles. The van der Waals surface area contributed by atoms with Crippen molar-refractivity contribution in [3.05, 3.63) is 0 Å². The van der Waals surface area contributed by atoms with Crippen LogP contribution in [0.3, 0.4) is 0 Å². The third kappa shape index (κ3) is 4.19. The van der Waals surface area contributed by atoms with E-state index in [1.807, 2.05) is 4.90 Å². The van der Waals surface area contributed by atoms with Crippen molar-refractivity contribution < 1.29 is 9.18 Å². The number of rotatable bonds is 4. The Morgan fingerprint density at radius 2 is 1.60 bits per heavy atom. The fourth-order valence-corrected chi connectivity index (χ4v) is 4.81. The number of carbonyl (C=O) groups is 1. The van der Waals surface area contributed by atoms with Gasteiger partial charge >= 0.3 is 0 Å². The first-order valence-electron chi connectivity index (χ1n) is 10.3. The maximum absolute atomic E-state index is 14.8. The van der Waals surface area contributed by atoms with E-state index >= 15 is 0 Å². The van der Waals surface area contributed by atoms with E-state index in [0.29, 0.717) is 25.2 Å². The van der Waals surface area contributed by atoms with E-state index in [4.69, 9.17) is 0 Å². The van der Waals surface area contributed by atoms with Crippen molar-refractivity contribution in [2.24, 2.45) is 17.8 Å². The molecule has 1 atom stereocenters. The van der Waals surface area contributed by atoms with Gasteiger partial charge in [0.25, 0.3) is 0 Å². The van der Waals surface area contributed by atoms with Crippen molar-refractivity contribution >= 4 is 5.91 Å². The fraction of sp³-hybridized carbons (Fsp3) is 0.950. The lowest BCUT2D eigenvalue weighted by Crippen LogP contribution is -2.61. The molecule has 1 saturated carbocycles. The molecule has 5 heteroatoms. The van der Waals surface area contributed by atoms with Crippen molar-refractivity contribution in [3.63, 3.8) is 0 Å². The third-order valence-electron chi connectivity index (χ3n) is 6.81. The molecular weight excluding hydrogens is 317 g/mol. The smallest absolute Gasteiger partial charge is 0.228 e. The second-order valence-electron chi connectivity index (χ2n) is 9.01. The molecule has 2 saturated heterocycles. The number of amides is 1. The number of hydrogen-bond donors (Lipinski definition) is 0. The first kappa shape index (κ1) is 19.1. The Labute approximate surface area is 152 Å². The summed E-state index contributed by atoms with van der Waals surface area (Å²) in [7, 11) is 0. The molecule has 25 heavy (non-hydrogen) atoms. The molecule has 0 unspecified atom stereocenters. The van der Waals surface area contributed by atoms with Crippen LogP contribution in [-0.4, -0.2) is 71.7 Å². The molecule has 2 heterocycles. The monoisotopic (exact) mass is 353 g/mol. The first-order valence-corrected chi connectivity index (χ1v) is 10.3. The van der Waals surface area contributed by atoms with Gasteiger partial charge in [-0.2, -0.15) is 0 Å². The van der Waals surface area contributed by atoms with Gasteiger partial charge in [0, 0.05) is 38.3 Å². The molecule has 0 bridgehead atoms. The minimum atomic E-state index is -0.987. The topological polar surface area (TPSA) is 26.8 Å². The highest BCUT2D eigenvalue weighted by atomic mass is 19.1. The van der Waals surface area contributed by atoms with Crippen LogP contribution in [0, 0.1) is 17.8 Å². The van der Waals surface area contributed by atoms with Crippen LogP contribution in [0.5, 0.6) is 0 Å². The third-order valence-corrected chi connectivity index (χ3v) is 6.81. The van der Waals surface area contributed by atoms with Gasteiger partial charge in [0.05, 0.1) is 12.5 Å². The van der Waals surface area contributed by atoms with Gasteiger partial charge in [0.15, 0.2) is 6.30 Å². The summed E-state index contributed by atoms with van der Waals surface area (Å²) in [5.41, 5.74) is 0. The predicted molar refractivity (Wildman–Crippen MR) is 99.0 cm³/mol. The summed E-state index contributed by atoms with van der Waals surface area (Å²) >= 11 is 0. The molecule has 4 nitrogen and oxygen atoms in total. The number of likely N-dealkylation sites (tertiary alicyclic amines) is 1. The Morgan fingerprint density at radius 1 is 0.960 bits per heavy atom. The summed E-state index contributed by atoms with van der Waals surface area (Å²) in [6.07, 6.45) is 3.69. The quantitative estimate of drug-likeness (QED) is 0.727. The Bertz CT molecular complexity index is 456. The van der Waals surface area contributed by atoms with Crippen LogP contribution in [0.1, 0.15) is 53.4 Å². The van der Waals surface area contributed by atoms with E-state index in [0.717, 1.165) is 37.8 Å². The number of halogens is 1. The maximum atomic E-state index is 14.8. The van der Waals surface area contributed by atoms with Crippen LogP contribution in [0.2, 0.25) is 0 Å². The van der Waals surface area contributed by atoms with E-state index in [2.05, 4.69) is 32.6 Å². The zero-order chi connectivity index (χ0) is 18.1. The highest BCUT2D eigenvalue weighted by Gasteiger charge is 2.40. The van der Waals surface area contributed by atoms with Crippen LogP contribution in [0.25, 0.3) is 0 Å². The van der Waals surface area contributed by atoms with Crippen LogP contribution in [0.4, 0.5) is 4.39 Å². The standard InChI is InChI=1S/C20H36FN3O/c1-14(2)16-5-7-18(8-6-16)24-10-9-22(13-19(24)21)20(25)17-11-23(12-17)15(3)4/h14-19H,5-13H2,1-4H3/t16?,18?,19-/m1/s1. The normalized spacial score (nSPS) is 33.1. The van der Waals surface area contributed by atoms with Crippen molar-refractivity contribution in [3.8, 4) is 0 Å². The van der Waals surface area contributed by atoms with Gasteiger partial charge < -0.3 is 4.90 Å². The van der Waals surface area contributed by atoms with E-state index in [1.54, 1.807) is 4.90 Å². The van der Waals surface area contributed by atoms with Crippen molar-refractivity contribution in [2.75, 3.05) is 32.7 Å². The first-order chi connectivity index (χ1) is 11.9. The van der Waals surface area contributed by atoms with Crippen LogP contribution in [0.15, 0.2) is 0 Å². The van der Waals surface area contributed by atoms with Gasteiger partial charge in [-0.15, -0.1) is 0 Å². The van der Waals surface area contributed by atoms with E-state index in [1.165, 1.54) is 12.8 Å². The van der Waals surface area contributed by atoms with Gasteiger partial charge in [0.2, 0.25) is 5.91 Å². The Morgan fingerprint density at radius 3 is 2.12 bits per heavy atom. The van der Waals surface area contributed by atoms with E-state index in [9.17, 15) is 9.18 Å². The van der Waals surface area contributed by atoms with Gasteiger partial charge in [-0.3, -0.25) is 14.6 Å². The Balaban J connectivity index is 1.46. The summed E-state index contributed by atoms with van der Waals surface area (Å²) < 4.78 is 14.8. The van der Waals surface area contributed by atoms with Gasteiger partial charge in [-0.05, 0) is 51.4 Å². The van der Waals surface area contributed by atoms with Crippen molar-refractivity contribution in [1.82, 2.24) is 14.7 Å². The molecule has 144 valence electrons. The summed E-state index contributed by atoms with van der Waals surface area (Å²) in [5, 5.41) is 0. The fourth-order valence-electron chi connectivity index (χ4n) is 4.81. The second kappa shape index (κ2) is 7.91. The molecule has 0 aromatic rings. The molecule has 0 aromatic carbocycles. The van der Waals surface area contributed by atoms with Crippen molar-refractivity contribution in [1.29, 1.82) is 0 Å². The van der Waals surface area contributed by atoms with E-state index in [-0.39, 0.29) is 18.4 Å². The molecular formula is C20H36FN3O. The van der Waals surface area contributed by atoms with Crippen LogP contribution in [-0.2, 0) is 4.79 Å². The van der Waals surface area contributed by atoms with E-state index < -0.39 is 6.30 Å². The average Bonchev–Trinajstić information content (AvgIpc) is 2.53. The number of carbonyl (C=O) groups excluding carboxylic acids is 1. The van der Waals surface area contributed by atoms with Crippen molar-refractivity contribution in [2.45, 2.75) is 71.8 Å². The minimum Gasteiger partial charge on any atom is -0.337 e. The molecule has 0 N–H and O–H groups in total. The number of alkyl halides is 1. The molecule has 0 spiro atoms. The Kier molecular flexibility index (Phi) is 6.04. The predicted octanol–water partition coefficient (Wildman–Crippen LogP) is 2.98. The summed E-state index contributed by atoms with van der Waals surface area (Å²) in [6.45, 7) is 12.3. The van der Waals surface area contributed by atoms with Crippen LogP contribution < -0.4 is 0 Å². The highest BCUT2D eigenvalue weighted by molar-refractivity contribution is 5.80. The average molecular weight is 354 g/mol. The molecule has 3 aliphatic rings. The zero-order valence-electron chi connectivity index (χ0n) is 16.5. The number of nitrogens with zero attached hydrogens (tertiary/aromatic N) is 3. The number of hydrogen-bond acceptors (Lipinski definition) is 3. The lowest BCUT2D eigenvalue weighted by atomic mass is 9.79. The highest BCUT2D eigenvalue weighted by Crippen LogP contribution is 2.34. The molecule has 3 fully saturated rings. The van der Waals surface area contributed by atoms with Gasteiger partial charge in [0.1, 0.15) is 0 Å². The second-order valence-corrected chi connectivity index (χ2v) is 9.01. The van der Waals surface area contributed by atoms with Gasteiger partial charge in [-0.1, -0.05) is 13.8 Å². The Hall–Kier alpha value is -0.680. The van der Waals surface area contributed by atoms with Gasteiger partial charge in [-0.25, -0.2) is 4.39 Å². The molecule has 0 aromatic heterocycles.